The van der Waals surface area contributed by atoms with Crippen LogP contribution < -0.4 is 10.1 Å². The van der Waals surface area contributed by atoms with Gasteiger partial charge in [-0.05, 0) is 38.4 Å². The van der Waals surface area contributed by atoms with Gasteiger partial charge in [-0.2, -0.15) is 0 Å². The summed E-state index contributed by atoms with van der Waals surface area (Å²) in [6.07, 6.45) is 2.42. The van der Waals surface area contributed by atoms with Gasteiger partial charge in [0.05, 0.1) is 13.2 Å². The van der Waals surface area contributed by atoms with Gasteiger partial charge < -0.3 is 14.8 Å². The molecule has 0 amide bonds. The van der Waals surface area contributed by atoms with E-state index in [9.17, 15) is 4.79 Å². The van der Waals surface area contributed by atoms with E-state index in [1.165, 1.54) is 13.5 Å². The van der Waals surface area contributed by atoms with Crippen LogP contribution in [0.15, 0.2) is 24.3 Å². The molecule has 0 radical (unpaired) electrons. The smallest absolute Gasteiger partial charge is 0.341 e. The molecule has 19 heavy (non-hydrogen) atoms. The molecule has 2 unspecified atom stereocenters. The molecule has 1 saturated heterocycles. The van der Waals surface area contributed by atoms with Gasteiger partial charge in [0.2, 0.25) is 0 Å². The van der Waals surface area contributed by atoms with Crippen molar-refractivity contribution < 1.29 is 14.3 Å². The van der Waals surface area contributed by atoms with Crippen LogP contribution in [0.1, 0.15) is 30.1 Å². The zero-order chi connectivity index (χ0) is 13.7. The van der Waals surface area contributed by atoms with Crippen molar-refractivity contribution in [2.75, 3.05) is 20.2 Å². The van der Waals surface area contributed by atoms with Gasteiger partial charge in [-0.25, -0.2) is 4.79 Å². The van der Waals surface area contributed by atoms with Crippen LogP contribution in [0.4, 0.5) is 0 Å². The minimum Gasteiger partial charge on any atom is -0.489 e. The quantitative estimate of drug-likeness (QED) is 0.846. The number of carbonyl (C=O) groups excluding carboxylic acids is 1. The molecule has 2 atom stereocenters. The number of para-hydroxylation sites is 1. The second-order valence-electron chi connectivity index (χ2n) is 4.92. The molecule has 1 fully saturated rings. The topological polar surface area (TPSA) is 47.6 Å². The summed E-state index contributed by atoms with van der Waals surface area (Å²) < 4.78 is 10.7. The summed E-state index contributed by atoms with van der Waals surface area (Å²) in [6.45, 7) is 4.12. The Labute approximate surface area is 114 Å². The van der Waals surface area contributed by atoms with Crippen LogP contribution in [-0.2, 0) is 4.74 Å². The number of nitrogens with one attached hydrogen (secondary N) is 1. The molecular weight excluding hydrogens is 242 g/mol. The van der Waals surface area contributed by atoms with E-state index >= 15 is 0 Å². The molecule has 1 aromatic carbocycles. The van der Waals surface area contributed by atoms with Crippen LogP contribution in [0, 0.1) is 5.92 Å². The van der Waals surface area contributed by atoms with Crippen molar-refractivity contribution in [3.8, 4) is 5.75 Å². The largest absolute Gasteiger partial charge is 0.489 e. The maximum Gasteiger partial charge on any atom is 0.341 e. The van der Waals surface area contributed by atoms with E-state index in [-0.39, 0.29) is 12.1 Å². The molecular formula is C15H21NO3. The number of ether oxygens (including phenoxy) is 2. The van der Waals surface area contributed by atoms with Crippen molar-refractivity contribution in [3.63, 3.8) is 0 Å². The predicted molar refractivity (Wildman–Crippen MR) is 73.5 cm³/mol. The number of rotatable bonds is 4. The third-order valence-electron chi connectivity index (χ3n) is 3.60. The molecule has 0 aromatic heterocycles. The van der Waals surface area contributed by atoms with Crippen LogP contribution in [0.3, 0.4) is 0 Å². The van der Waals surface area contributed by atoms with E-state index in [2.05, 4.69) is 12.2 Å². The van der Waals surface area contributed by atoms with Crippen LogP contribution in [0.25, 0.3) is 0 Å². The number of piperidine rings is 1. The van der Waals surface area contributed by atoms with Crippen molar-refractivity contribution in [2.45, 2.75) is 25.9 Å². The molecule has 0 saturated carbocycles. The number of esters is 1. The number of hydrogen-bond acceptors (Lipinski definition) is 4. The highest BCUT2D eigenvalue weighted by Gasteiger charge is 2.23. The molecule has 4 nitrogen and oxygen atoms in total. The van der Waals surface area contributed by atoms with Gasteiger partial charge in [-0.15, -0.1) is 0 Å². The molecule has 1 heterocycles. The van der Waals surface area contributed by atoms with Crippen LogP contribution in [0.2, 0.25) is 0 Å². The number of carbonyl (C=O) groups is 1. The van der Waals surface area contributed by atoms with Crippen LogP contribution in [-0.4, -0.2) is 32.3 Å². The fourth-order valence-electron chi connectivity index (χ4n) is 2.42. The van der Waals surface area contributed by atoms with E-state index in [0.717, 1.165) is 19.5 Å². The summed E-state index contributed by atoms with van der Waals surface area (Å²) in [5, 5.41) is 3.38. The molecule has 1 aromatic rings. The SMILES string of the molecule is COC(=O)c1ccccc1OC(C)C1CCCNC1. The summed E-state index contributed by atoms with van der Waals surface area (Å²) in [5.41, 5.74) is 0.487. The van der Waals surface area contributed by atoms with E-state index in [4.69, 9.17) is 9.47 Å². The summed E-state index contributed by atoms with van der Waals surface area (Å²) in [4.78, 5) is 11.7. The lowest BCUT2D eigenvalue weighted by Gasteiger charge is -2.29. The fourth-order valence-corrected chi connectivity index (χ4v) is 2.42. The van der Waals surface area contributed by atoms with Crippen LogP contribution in [0.5, 0.6) is 5.75 Å². The Bertz CT molecular complexity index is 427. The summed E-state index contributed by atoms with van der Waals surface area (Å²) >= 11 is 0. The Morgan fingerprint density at radius 2 is 2.21 bits per heavy atom. The molecule has 0 spiro atoms. The lowest BCUT2D eigenvalue weighted by molar-refractivity contribution is 0.0588. The van der Waals surface area contributed by atoms with Gasteiger partial charge in [0.15, 0.2) is 0 Å². The average Bonchev–Trinajstić information content (AvgIpc) is 2.48. The minimum absolute atomic E-state index is 0.0820. The highest BCUT2D eigenvalue weighted by atomic mass is 16.5. The molecule has 104 valence electrons. The number of benzene rings is 1. The van der Waals surface area contributed by atoms with Crippen molar-refractivity contribution in [1.82, 2.24) is 5.32 Å². The van der Waals surface area contributed by atoms with Crippen molar-refractivity contribution in [1.29, 1.82) is 0 Å². The summed E-state index contributed by atoms with van der Waals surface area (Å²) in [5.74, 6) is 0.733. The first-order valence-electron chi connectivity index (χ1n) is 6.77. The normalized spacial score (nSPS) is 20.6. The Hall–Kier alpha value is -1.55. The highest BCUT2D eigenvalue weighted by molar-refractivity contribution is 5.92. The van der Waals surface area contributed by atoms with Gasteiger partial charge in [0, 0.05) is 12.5 Å². The average molecular weight is 263 g/mol. The zero-order valence-electron chi connectivity index (χ0n) is 11.5. The molecule has 1 aliphatic rings. The maximum atomic E-state index is 11.7. The standard InChI is InChI=1S/C15H21NO3/c1-11(12-6-5-9-16-10-12)19-14-8-4-3-7-13(14)15(17)18-2/h3-4,7-8,11-12,16H,5-6,9-10H2,1-2H3. The zero-order valence-corrected chi connectivity index (χ0v) is 11.5. The summed E-state index contributed by atoms with van der Waals surface area (Å²) in [7, 11) is 1.38. The number of hydrogen-bond donors (Lipinski definition) is 1. The first-order valence-corrected chi connectivity index (χ1v) is 6.77. The van der Waals surface area contributed by atoms with E-state index in [1.807, 2.05) is 18.2 Å². The maximum absolute atomic E-state index is 11.7. The molecule has 2 rings (SSSR count). The second-order valence-corrected chi connectivity index (χ2v) is 4.92. The van der Waals surface area contributed by atoms with E-state index < -0.39 is 0 Å². The Kier molecular flexibility index (Phi) is 4.80. The highest BCUT2D eigenvalue weighted by Crippen LogP contribution is 2.24. The molecule has 0 bridgehead atoms. The lowest BCUT2D eigenvalue weighted by atomic mass is 9.94. The van der Waals surface area contributed by atoms with E-state index in [0.29, 0.717) is 17.2 Å². The molecule has 1 N–H and O–H groups in total. The van der Waals surface area contributed by atoms with Gasteiger partial charge in [0.25, 0.3) is 0 Å². The Morgan fingerprint density at radius 1 is 1.42 bits per heavy atom. The molecule has 4 heteroatoms. The first-order chi connectivity index (χ1) is 9.22. The van der Waals surface area contributed by atoms with Gasteiger partial charge in [0.1, 0.15) is 11.3 Å². The molecule has 1 aliphatic heterocycles. The monoisotopic (exact) mass is 263 g/mol. The Morgan fingerprint density at radius 3 is 2.89 bits per heavy atom. The first kappa shape index (κ1) is 13.9. The minimum atomic E-state index is -0.357. The second kappa shape index (κ2) is 6.57. The summed E-state index contributed by atoms with van der Waals surface area (Å²) in [6, 6.07) is 7.23. The van der Waals surface area contributed by atoms with Crippen molar-refractivity contribution in [3.05, 3.63) is 29.8 Å². The molecule has 0 aliphatic carbocycles. The number of methoxy groups -OCH3 is 1. The predicted octanol–water partition coefficient (Wildman–Crippen LogP) is 2.24. The van der Waals surface area contributed by atoms with Gasteiger partial charge >= 0.3 is 5.97 Å². The van der Waals surface area contributed by atoms with Gasteiger partial charge in [-0.1, -0.05) is 12.1 Å². The van der Waals surface area contributed by atoms with E-state index in [1.54, 1.807) is 6.07 Å². The fraction of sp³-hybridized carbons (Fsp3) is 0.533. The third-order valence-corrected chi connectivity index (χ3v) is 3.60. The Balaban J connectivity index is 2.07. The van der Waals surface area contributed by atoms with Crippen molar-refractivity contribution in [2.24, 2.45) is 5.92 Å². The lowest BCUT2D eigenvalue weighted by Crippen LogP contribution is -2.38. The third kappa shape index (κ3) is 3.47. The van der Waals surface area contributed by atoms with Gasteiger partial charge in [-0.3, -0.25) is 0 Å². The van der Waals surface area contributed by atoms with Crippen molar-refractivity contribution >= 4 is 5.97 Å². The van der Waals surface area contributed by atoms with Crippen LogP contribution >= 0.6 is 0 Å².